The summed E-state index contributed by atoms with van der Waals surface area (Å²) in [6, 6.07) is 0. The summed E-state index contributed by atoms with van der Waals surface area (Å²) in [6.07, 6.45) is 6.05. The molecule has 0 aromatic rings. The number of hydrogen-bond acceptors (Lipinski definition) is 2. The lowest BCUT2D eigenvalue weighted by Crippen LogP contribution is -2.33. The average Bonchev–Trinajstić information content (AvgIpc) is 2.52. The fourth-order valence-electron chi connectivity index (χ4n) is 2.02. The summed E-state index contributed by atoms with van der Waals surface area (Å²) >= 11 is 0. The van der Waals surface area contributed by atoms with Crippen molar-refractivity contribution < 1.29 is 8.85 Å². The van der Waals surface area contributed by atoms with Crippen LogP contribution >= 0.6 is 0 Å². The maximum absolute atomic E-state index is 5.96. The third-order valence-corrected chi connectivity index (χ3v) is 5.66. The Hall–Kier alpha value is 0.137. The molecule has 14 heavy (non-hydrogen) atoms. The first-order chi connectivity index (χ1) is 6.59. The Labute approximate surface area is 89.8 Å². The summed E-state index contributed by atoms with van der Waals surface area (Å²) in [6.45, 7) is 8.44. The summed E-state index contributed by atoms with van der Waals surface area (Å²) in [7, 11) is -1.40. The maximum atomic E-state index is 5.96. The van der Waals surface area contributed by atoms with E-state index in [1.54, 1.807) is 0 Å². The van der Waals surface area contributed by atoms with E-state index < -0.39 is 9.28 Å². The van der Waals surface area contributed by atoms with E-state index in [0.717, 1.165) is 5.54 Å². The van der Waals surface area contributed by atoms with Crippen molar-refractivity contribution in [3.8, 4) is 0 Å². The maximum Gasteiger partial charge on any atom is 0.325 e. The van der Waals surface area contributed by atoms with E-state index in [1.807, 2.05) is 0 Å². The lowest BCUT2D eigenvalue weighted by molar-refractivity contribution is 0.123. The second kappa shape index (κ2) is 5.88. The molecule has 1 saturated carbocycles. The van der Waals surface area contributed by atoms with Crippen molar-refractivity contribution in [2.24, 2.45) is 0 Å². The molecule has 0 aliphatic heterocycles. The van der Waals surface area contributed by atoms with Gasteiger partial charge in [-0.3, -0.25) is 0 Å². The molecule has 2 nitrogen and oxygen atoms in total. The van der Waals surface area contributed by atoms with E-state index in [-0.39, 0.29) is 0 Å². The molecular formula is C11H24O2Si. The standard InChI is InChI=1S/C11H24O2Si/c1-9(2)12-14(13-10(3)4)11-7-5-6-8-11/h9-11,14H,5-8H2,1-4H3. The molecule has 0 amide bonds. The van der Waals surface area contributed by atoms with Gasteiger partial charge >= 0.3 is 9.28 Å². The molecule has 1 rings (SSSR count). The molecule has 0 saturated heterocycles. The zero-order valence-electron chi connectivity index (χ0n) is 9.95. The minimum absolute atomic E-state index is 0.325. The average molecular weight is 216 g/mol. The van der Waals surface area contributed by atoms with Gasteiger partial charge in [0, 0.05) is 12.2 Å². The molecule has 1 aliphatic carbocycles. The quantitative estimate of drug-likeness (QED) is 0.658. The molecule has 0 N–H and O–H groups in total. The molecule has 3 heteroatoms. The van der Waals surface area contributed by atoms with E-state index in [0.29, 0.717) is 12.2 Å². The molecule has 0 bridgehead atoms. The van der Waals surface area contributed by atoms with Crippen LogP contribution in [-0.4, -0.2) is 21.5 Å². The van der Waals surface area contributed by atoms with Crippen LogP contribution in [0.3, 0.4) is 0 Å². The summed E-state index contributed by atoms with van der Waals surface area (Å²) in [5.74, 6) is 0. The summed E-state index contributed by atoms with van der Waals surface area (Å²) in [5.41, 5.74) is 0.764. The van der Waals surface area contributed by atoms with Crippen LogP contribution in [0.1, 0.15) is 53.4 Å². The van der Waals surface area contributed by atoms with Gasteiger partial charge in [-0.15, -0.1) is 0 Å². The van der Waals surface area contributed by atoms with Crippen LogP contribution in [0.2, 0.25) is 5.54 Å². The van der Waals surface area contributed by atoms with Gasteiger partial charge in [0.05, 0.1) is 0 Å². The van der Waals surface area contributed by atoms with Crippen LogP contribution < -0.4 is 0 Å². The highest BCUT2D eigenvalue weighted by Gasteiger charge is 2.30. The van der Waals surface area contributed by atoms with E-state index in [9.17, 15) is 0 Å². The van der Waals surface area contributed by atoms with Crippen LogP contribution in [0.15, 0.2) is 0 Å². The van der Waals surface area contributed by atoms with Crippen molar-refractivity contribution in [2.75, 3.05) is 0 Å². The SMILES string of the molecule is CC(C)O[SiH](OC(C)C)C1CCCC1. The van der Waals surface area contributed by atoms with Gasteiger partial charge in [-0.1, -0.05) is 12.8 Å². The zero-order chi connectivity index (χ0) is 10.6. The minimum atomic E-state index is -1.40. The molecule has 0 spiro atoms. The molecule has 0 heterocycles. The molecule has 0 aromatic carbocycles. The Morgan fingerprint density at radius 2 is 1.36 bits per heavy atom. The first-order valence-corrected chi connectivity index (χ1v) is 7.51. The first kappa shape index (κ1) is 12.2. The van der Waals surface area contributed by atoms with Crippen molar-refractivity contribution in [3.05, 3.63) is 0 Å². The second-order valence-electron chi connectivity index (χ2n) is 4.78. The molecule has 0 radical (unpaired) electrons. The highest BCUT2D eigenvalue weighted by Crippen LogP contribution is 2.34. The lowest BCUT2D eigenvalue weighted by Gasteiger charge is -2.25. The van der Waals surface area contributed by atoms with Gasteiger partial charge in [0.1, 0.15) is 0 Å². The Morgan fingerprint density at radius 1 is 0.929 bits per heavy atom. The zero-order valence-corrected chi connectivity index (χ0v) is 11.1. The fourth-order valence-corrected chi connectivity index (χ4v) is 4.62. The van der Waals surface area contributed by atoms with Crippen molar-refractivity contribution in [2.45, 2.75) is 71.1 Å². The summed E-state index contributed by atoms with van der Waals surface area (Å²) in [5, 5.41) is 0. The molecule has 1 aliphatic rings. The second-order valence-corrected chi connectivity index (χ2v) is 7.01. The molecule has 0 aromatic heterocycles. The van der Waals surface area contributed by atoms with E-state index in [1.165, 1.54) is 25.7 Å². The van der Waals surface area contributed by atoms with Gasteiger partial charge in [0.2, 0.25) is 0 Å². The van der Waals surface area contributed by atoms with Crippen LogP contribution in [0.4, 0.5) is 0 Å². The Bertz CT molecular complexity index is 143. The molecule has 0 atom stereocenters. The van der Waals surface area contributed by atoms with Crippen LogP contribution in [0.5, 0.6) is 0 Å². The van der Waals surface area contributed by atoms with Gasteiger partial charge in [-0.05, 0) is 46.1 Å². The third-order valence-electron chi connectivity index (χ3n) is 2.60. The van der Waals surface area contributed by atoms with Gasteiger partial charge in [-0.25, -0.2) is 0 Å². The number of hydrogen-bond donors (Lipinski definition) is 0. The van der Waals surface area contributed by atoms with E-state index >= 15 is 0 Å². The fraction of sp³-hybridized carbons (Fsp3) is 1.00. The topological polar surface area (TPSA) is 18.5 Å². The van der Waals surface area contributed by atoms with Gasteiger partial charge in [-0.2, -0.15) is 0 Å². The van der Waals surface area contributed by atoms with Gasteiger partial charge in [0.15, 0.2) is 0 Å². The predicted octanol–water partition coefficient (Wildman–Crippen LogP) is 3.00. The smallest absolute Gasteiger partial charge is 0.325 e. The van der Waals surface area contributed by atoms with Gasteiger partial charge in [0.25, 0.3) is 0 Å². The number of rotatable bonds is 5. The van der Waals surface area contributed by atoms with Crippen LogP contribution in [0, 0.1) is 0 Å². The van der Waals surface area contributed by atoms with Crippen LogP contribution in [0.25, 0.3) is 0 Å². The van der Waals surface area contributed by atoms with Crippen molar-refractivity contribution >= 4 is 9.28 Å². The highest BCUT2D eigenvalue weighted by molar-refractivity contribution is 6.46. The Morgan fingerprint density at radius 3 is 1.71 bits per heavy atom. The summed E-state index contributed by atoms with van der Waals surface area (Å²) < 4.78 is 11.9. The van der Waals surface area contributed by atoms with E-state index in [4.69, 9.17) is 8.85 Å². The lowest BCUT2D eigenvalue weighted by atomic mass is 10.4. The van der Waals surface area contributed by atoms with Crippen molar-refractivity contribution in [3.63, 3.8) is 0 Å². The molecular weight excluding hydrogens is 192 g/mol. The highest BCUT2D eigenvalue weighted by atomic mass is 28.3. The largest absolute Gasteiger partial charge is 0.394 e. The normalized spacial score (nSPS) is 19.1. The van der Waals surface area contributed by atoms with Crippen molar-refractivity contribution in [1.82, 2.24) is 0 Å². The van der Waals surface area contributed by atoms with Crippen LogP contribution in [-0.2, 0) is 8.85 Å². The summed E-state index contributed by atoms with van der Waals surface area (Å²) in [4.78, 5) is 0. The third kappa shape index (κ3) is 4.11. The monoisotopic (exact) mass is 216 g/mol. The molecule has 84 valence electrons. The predicted molar refractivity (Wildman–Crippen MR) is 61.8 cm³/mol. The Balaban J connectivity index is 2.42. The van der Waals surface area contributed by atoms with E-state index in [2.05, 4.69) is 27.7 Å². The molecule has 1 fully saturated rings. The first-order valence-electron chi connectivity index (χ1n) is 5.90. The van der Waals surface area contributed by atoms with Gasteiger partial charge < -0.3 is 8.85 Å². The minimum Gasteiger partial charge on any atom is -0.394 e. The Kier molecular flexibility index (Phi) is 5.13. The van der Waals surface area contributed by atoms with Crippen molar-refractivity contribution in [1.29, 1.82) is 0 Å². The molecule has 0 unspecified atom stereocenters.